The molecule has 0 amide bonds. The molecule has 3 heteroatoms. The average molecular weight is 498 g/mol. The van der Waals surface area contributed by atoms with Crippen LogP contribution in [-0.2, 0) is 9.59 Å². The molecule has 212 valence electrons. The molecule has 0 bridgehead atoms. The largest absolute Gasteiger partial charge is 0.389 e. The monoisotopic (exact) mass is 498 g/mol. The van der Waals surface area contributed by atoms with Crippen LogP contribution in [-0.4, -0.2) is 20.1 Å². The number of hydrogen-bond acceptors (Lipinski definition) is 3. The molecule has 0 aromatic rings. The highest BCUT2D eigenvalue weighted by Gasteiger charge is 1.96. The Morgan fingerprint density at radius 1 is 0.514 bits per heavy atom. The molecule has 0 aromatic carbocycles. The summed E-state index contributed by atoms with van der Waals surface area (Å²) in [5, 5.41) is 3.39. The van der Waals surface area contributed by atoms with Crippen LogP contribution in [0.5, 0.6) is 0 Å². The Bertz CT molecular complexity index is 378. The highest BCUT2D eigenvalue weighted by atomic mass is 16.1. The van der Waals surface area contributed by atoms with Crippen molar-refractivity contribution in [3.05, 3.63) is 24.4 Å². The van der Waals surface area contributed by atoms with Crippen molar-refractivity contribution >= 4 is 13.6 Å². The fourth-order valence-corrected chi connectivity index (χ4v) is 3.45. The van der Waals surface area contributed by atoms with E-state index in [1.54, 1.807) is 0 Å². The molecule has 3 nitrogen and oxygen atoms in total. The molecule has 0 aliphatic heterocycles. The van der Waals surface area contributed by atoms with Gasteiger partial charge in [-0.15, -0.1) is 6.58 Å². The van der Waals surface area contributed by atoms with Gasteiger partial charge in [-0.2, -0.15) is 0 Å². The van der Waals surface area contributed by atoms with E-state index in [-0.39, 0.29) is 7.43 Å². The third-order valence-corrected chi connectivity index (χ3v) is 5.71. The van der Waals surface area contributed by atoms with E-state index in [1.165, 1.54) is 133 Å². The number of carbonyl (C=O) groups is 2. The summed E-state index contributed by atoms with van der Waals surface area (Å²) < 4.78 is 0. The van der Waals surface area contributed by atoms with E-state index in [0.717, 1.165) is 13.0 Å². The van der Waals surface area contributed by atoms with Crippen LogP contribution in [0.1, 0.15) is 164 Å². The van der Waals surface area contributed by atoms with Gasteiger partial charge < -0.3 is 14.9 Å². The van der Waals surface area contributed by atoms with E-state index in [2.05, 4.69) is 46.2 Å². The lowest BCUT2D eigenvalue weighted by atomic mass is 10.0. The van der Waals surface area contributed by atoms with Gasteiger partial charge in [0.1, 0.15) is 13.6 Å². The molecule has 0 rings (SSSR count). The summed E-state index contributed by atoms with van der Waals surface area (Å²) in [5.74, 6) is 0. The van der Waals surface area contributed by atoms with E-state index in [0.29, 0.717) is 0 Å². The molecule has 0 aromatic heterocycles. The SMILES string of the molecule is C.C=C(C)CCCCCCCCCCCCCCCCCC(=C)NCCC.C=O.C=O.CCCC. The minimum Gasteiger partial charge on any atom is -0.389 e. The van der Waals surface area contributed by atoms with E-state index >= 15 is 0 Å². The summed E-state index contributed by atoms with van der Waals surface area (Å²) in [6, 6.07) is 0. The number of hydrogen-bond donors (Lipinski definition) is 1. The van der Waals surface area contributed by atoms with Gasteiger partial charge in [0.2, 0.25) is 0 Å². The third kappa shape index (κ3) is 54.8. The molecule has 0 aliphatic carbocycles. The summed E-state index contributed by atoms with van der Waals surface area (Å²) in [6.45, 7) is 21.8. The van der Waals surface area contributed by atoms with Crippen molar-refractivity contribution in [2.45, 2.75) is 164 Å². The van der Waals surface area contributed by atoms with Gasteiger partial charge in [-0.05, 0) is 39.0 Å². The van der Waals surface area contributed by atoms with Crippen molar-refractivity contribution in [3.63, 3.8) is 0 Å². The molecular formula is C32H67NO2. The number of rotatable bonds is 22. The lowest BCUT2D eigenvalue weighted by Crippen LogP contribution is -2.12. The standard InChI is InChI=1S/C25H49N.C4H10.2CH2O.CH4/c1-5-23-26-25(4)22-20-18-16-14-12-10-8-6-7-9-11-13-15-17-19-21-24(2)3;1-3-4-2;2*1-2;/h26H,2,4-23H2,1,3H3;3-4H2,1-2H3;2*1H2;1H4. The van der Waals surface area contributed by atoms with Gasteiger partial charge in [0.25, 0.3) is 0 Å². The lowest BCUT2D eigenvalue weighted by molar-refractivity contribution is -0.0987. The molecule has 0 heterocycles. The van der Waals surface area contributed by atoms with Crippen LogP contribution in [0.4, 0.5) is 0 Å². The maximum Gasteiger partial charge on any atom is 0.106 e. The normalized spacial score (nSPS) is 9.14. The minimum absolute atomic E-state index is 0. The first kappa shape index (κ1) is 43.7. The van der Waals surface area contributed by atoms with E-state index in [9.17, 15) is 0 Å². The topological polar surface area (TPSA) is 46.2 Å². The van der Waals surface area contributed by atoms with E-state index in [4.69, 9.17) is 9.59 Å². The number of unbranched alkanes of at least 4 members (excludes halogenated alkanes) is 15. The number of allylic oxidation sites excluding steroid dienone is 2. The third-order valence-electron chi connectivity index (χ3n) is 5.71. The molecule has 0 saturated heterocycles. The fourth-order valence-electron chi connectivity index (χ4n) is 3.45. The zero-order valence-electron chi connectivity index (χ0n) is 24.0. The molecule has 0 radical (unpaired) electrons. The molecule has 0 atom stereocenters. The Hall–Kier alpha value is -1.38. The van der Waals surface area contributed by atoms with Gasteiger partial charge in [0, 0.05) is 12.2 Å². The predicted molar refractivity (Wildman–Crippen MR) is 162 cm³/mol. The number of nitrogens with one attached hydrogen (secondary N) is 1. The molecule has 1 N–H and O–H groups in total. The van der Waals surface area contributed by atoms with Crippen molar-refractivity contribution in [2.75, 3.05) is 6.54 Å². The first-order valence-corrected chi connectivity index (χ1v) is 14.2. The average Bonchev–Trinajstić information content (AvgIpc) is 2.87. The van der Waals surface area contributed by atoms with Crippen molar-refractivity contribution in [3.8, 4) is 0 Å². The van der Waals surface area contributed by atoms with Gasteiger partial charge in [-0.25, -0.2) is 0 Å². The second kappa shape index (κ2) is 46.0. The second-order valence-corrected chi connectivity index (χ2v) is 9.29. The van der Waals surface area contributed by atoms with Crippen molar-refractivity contribution in [1.82, 2.24) is 5.32 Å². The van der Waals surface area contributed by atoms with Crippen LogP contribution in [0.15, 0.2) is 24.4 Å². The summed E-state index contributed by atoms with van der Waals surface area (Å²) >= 11 is 0. The molecule has 35 heavy (non-hydrogen) atoms. The highest BCUT2D eigenvalue weighted by Crippen LogP contribution is 2.15. The van der Waals surface area contributed by atoms with Crippen LogP contribution in [0.3, 0.4) is 0 Å². The van der Waals surface area contributed by atoms with Crippen LogP contribution >= 0.6 is 0 Å². The van der Waals surface area contributed by atoms with Crippen LogP contribution in [0, 0.1) is 0 Å². The predicted octanol–water partition coefficient (Wildman–Crippen LogP) is 10.8. The Kier molecular flexibility index (Phi) is 57.4. The van der Waals surface area contributed by atoms with Crippen molar-refractivity contribution in [1.29, 1.82) is 0 Å². The van der Waals surface area contributed by atoms with Gasteiger partial charge in [-0.1, -0.05) is 137 Å². The fraction of sp³-hybridized carbons (Fsp3) is 0.812. The second-order valence-electron chi connectivity index (χ2n) is 9.29. The van der Waals surface area contributed by atoms with Gasteiger partial charge >= 0.3 is 0 Å². The Morgan fingerprint density at radius 2 is 0.800 bits per heavy atom. The Labute approximate surface area is 223 Å². The van der Waals surface area contributed by atoms with Crippen LogP contribution in [0.2, 0.25) is 0 Å². The summed E-state index contributed by atoms with van der Waals surface area (Å²) in [4.78, 5) is 16.0. The van der Waals surface area contributed by atoms with Gasteiger partial charge in [0.15, 0.2) is 0 Å². The molecule has 0 unspecified atom stereocenters. The maximum atomic E-state index is 8.00. The molecule has 0 spiro atoms. The van der Waals surface area contributed by atoms with Gasteiger partial charge in [0.05, 0.1) is 0 Å². The first-order valence-electron chi connectivity index (χ1n) is 14.2. The minimum atomic E-state index is 0. The smallest absolute Gasteiger partial charge is 0.106 e. The van der Waals surface area contributed by atoms with Crippen LogP contribution in [0.25, 0.3) is 0 Å². The zero-order chi connectivity index (χ0) is 26.7. The molecular weight excluding hydrogens is 430 g/mol. The number of carbonyl (C=O) groups excluding carboxylic acids is 2. The zero-order valence-corrected chi connectivity index (χ0v) is 24.0. The van der Waals surface area contributed by atoms with Crippen LogP contribution < -0.4 is 5.32 Å². The maximum absolute atomic E-state index is 8.00. The summed E-state index contributed by atoms with van der Waals surface area (Å²) in [7, 11) is 0. The van der Waals surface area contributed by atoms with E-state index < -0.39 is 0 Å². The molecule has 0 fully saturated rings. The Morgan fingerprint density at radius 3 is 1.06 bits per heavy atom. The van der Waals surface area contributed by atoms with Crippen molar-refractivity contribution in [2.24, 2.45) is 0 Å². The first-order chi connectivity index (χ1) is 16.6. The van der Waals surface area contributed by atoms with Gasteiger partial charge in [-0.3, -0.25) is 0 Å². The van der Waals surface area contributed by atoms with E-state index in [1.807, 2.05) is 13.6 Å². The molecule has 0 saturated carbocycles. The molecule has 0 aliphatic rings. The summed E-state index contributed by atoms with van der Waals surface area (Å²) in [5.41, 5.74) is 2.58. The highest BCUT2D eigenvalue weighted by molar-refractivity contribution is 5.11. The quantitative estimate of drug-likeness (QED) is 0.119. The summed E-state index contributed by atoms with van der Waals surface area (Å²) in [6.07, 6.45) is 27.5. The lowest BCUT2D eigenvalue weighted by Gasteiger charge is -2.08. The van der Waals surface area contributed by atoms with Crippen molar-refractivity contribution < 1.29 is 9.59 Å². The Balaban J connectivity index is -0.000000294.